The van der Waals surface area contributed by atoms with Crippen LogP contribution in [-0.2, 0) is 0 Å². The quantitative estimate of drug-likeness (QED) is 0.794. The van der Waals surface area contributed by atoms with E-state index in [1.54, 1.807) is 17.8 Å². The van der Waals surface area contributed by atoms with Gasteiger partial charge in [0, 0.05) is 6.20 Å². The maximum absolute atomic E-state index is 5.70. The van der Waals surface area contributed by atoms with Gasteiger partial charge in [-0.05, 0) is 23.9 Å². The summed E-state index contributed by atoms with van der Waals surface area (Å²) in [5, 5.41) is 9.14. The second-order valence-electron chi connectivity index (χ2n) is 2.12. The Labute approximate surface area is 88.2 Å². The molecule has 2 rings (SSSR count). The molecule has 0 radical (unpaired) electrons. The molecule has 0 aromatic carbocycles. The molecule has 0 fully saturated rings. The fourth-order valence-electron chi connectivity index (χ4n) is 0.719. The fourth-order valence-corrected chi connectivity index (χ4v) is 2.20. The molecule has 0 unspecified atom stereocenters. The first-order valence-electron chi connectivity index (χ1n) is 3.40. The van der Waals surface area contributed by atoms with Crippen molar-refractivity contribution in [1.82, 2.24) is 15.2 Å². The Balaban J connectivity index is 2.15. The number of halogens is 1. The van der Waals surface area contributed by atoms with Crippen LogP contribution in [0.3, 0.4) is 0 Å². The lowest BCUT2D eigenvalue weighted by Gasteiger charge is -1.94. The summed E-state index contributed by atoms with van der Waals surface area (Å²) in [6, 6.07) is 3.66. The summed E-state index contributed by atoms with van der Waals surface area (Å²) >= 11 is 8.66. The van der Waals surface area contributed by atoms with E-state index >= 15 is 0 Å². The van der Waals surface area contributed by atoms with E-state index in [0.29, 0.717) is 5.02 Å². The first-order valence-corrected chi connectivity index (χ1v) is 5.47. The topological polar surface area (TPSA) is 38.7 Å². The van der Waals surface area contributed by atoms with Crippen molar-refractivity contribution in [3.8, 4) is 0 Å². The van der Waals surface area contributed by atoms with Crippen LogP contribution in [0.1, 0.15) is 0 Å². The largest absolute Gasteiger partial charge is 0.248 e. The van der Waals surface area contributed by atoms with Crippen molar-refractivity contribution in [3.63, 3.8) is 0 Å². The Morgan fingerprint density at radius 3 is 2.92 bits per heavy atom. The first-order chi connectivity index (χ1) is 6.34. The van der Waals surface area contributed by atoms with Crippen LogP contribution in [0, 0.1) is 0 Å². The number of aromatic nitrogens is 3. The van der Waals surface area contributed by atoms with Crippen LogP contribution in [0.2, 0.25) is 5.02 Å². The zero-order chi connectivity index (χ0) is 9.10. The third-order valence-electron chi connectivity index (χ3n) is 1.23. The minimum Gasteiger partial charge on any atom is -0.248 e. The lowest BCUT2D eigenvalue weighted by atomic mass is 10.5. The van der Waals surface area contributed by atoms with Gasteiger partial charge in [-0.1, -0.05) is 22.9 Å². The molecule has 6 heteroatoms. The van der Waals surface area contributed by atoms with E-state index in [4.69, 9.17) is 11.6 Å². The van der Waals surface area contributed by atoms with Crippen LogP contribution in [0.15, 0.2) is 33.2 Å². The zero-order valence-corrected chi connectivity index (χ0v) is 8.73. The summed E-state index contributed by atoms with van der Waals surface area (Å²) in [5.41, 5.74) is 1.69. The molecule has 0 amide bonds. The lowest BCUT2D eigenvalue weighted by molar-refractivity contribution is 1.01. The van der Waals surface area contributed by atoms with E-state index < -0.39 is 0 Å². The highest BCUT2D eigenvalue weighted by molar-refractivity contribution is 8.00. The minimum atomic E-state index is 0.640. The van der Waals surface area contributed by atoms with Crippen LogP contribution in [0.25, 0.3) is 0 Å². The monoisotopic (exact) mass is 229 g/mol. The molecular weight excluding hydrogens is 226 g/mol. The van der Waals surface area contributed by atoms with E-state index in [2.05, 4.69) is 15.2 Å². The van der Waals surface area contributed by atoms with Gasteiger partial charge in [0.1, 0.15) is 10.5 Å². The fraction of sp³-hybridized carbons (Fsp3) is 0. The van der Waals surface area contributed by atoms with Crippen LogP contribution in [0.5, 0.6) is 0 Å². The number of hydrogen-bond donors (Lipinski definition) is 0. The van der Waals surface area contributed by atoms with Crippen LogP contribution in [-0.4, -0.2) is 15.2 Å². The summed E-state index contributed by atoms with van der Waals surface area (Å²) in [6.07, 6.45) is 1.62. The second-order valence-corrected chi connectivity index (χ2v) is 4.66. The second kappa shape index (κ2) is 4.04. The van der Waals surface area contributed by atoms with Gasteiger partial charge in [-0.2, -0.15) is 0 Å². The molecule has 66 valence electrons. The van der Waals surface area contributed by atoms with Gasteiger partial charge < -0.3 is 0 Å². The summed E-state index contributed by atoms with van der Waals surface area (Å²) in [6.45, 7) is 0. The van der Waals surface area contributed by atoms with E-state index in [-0.39, 0.29) is 0 Å². The van der Waals surface area contributed by atoms with Gasteiger partial charge in [0.15, 0.2) is 4.34 Å². The normalized spacial score (nSPS) is 10.2. The van der Waals surface area contributed by atoms with Crippen LogP contribution < -0.4 is 0 Å². The number of pyridine rings is 1. The predicted octanol–water partition coefficient (Wildman–Crippen LogP) is 2.74. The van der Waals surface area contributed by atoms with E-state index in [1.165, 1.54) is 23.1 Å². The van der Waals surface area contributed by atoms with Crippen molar-refractivity contribution in [1.29, 1.82) is 0 Å². The summed E-state index contributed by atoms with van der Waals surface area (Å²) in [5.74, 6) is 0. The average Bonchev–Trinajstić information content (AvgIpc) is 2.62. The predicted molar refractivity (Wildman–Crippen MR) is 53.3 cm³/mol. The van der Waals surface area contributed by atoms with Crippen LogP contribution >= 0.6 is 34.7 Å². The minimum absolute atomic E-state index is 0.640. The smallest absolute Gasteiger partial charge is 0.180 e. The van der Waals surface area contributed by atoms with Crippen molar-refractivity contribution >= 4 is 34.7 Å². The van der Waals surface area contributed by atoms with Crippen molar-refractivity contribution in [3.05, 3.63) is 28.9 Å². The maximum atomic E-state index is 5.70. The third kappa shape index (κ3) is 2.40. The maximum Gasteiger partial charge on any atom is 0.180 e. The molecule has 13 heavy (non-hydrogen) atoms. The molecule has 0 N–H and O–H groups in total. The van der Waals surface area contributed by atoms with Gasteiger partial charge in [0.05, 0.1) is 5.02 Å². The molecule has 0 aliphatic heterocycles. The molecule has 3 nitrogen and oxygen atoms in total. The number of hydrogen-bond acceptors (Lipinski definition) is 5. The molecular formula is C7H4ClN3S2. The van der Waals surface area contributed by atoms with Crippen molar-refractivity contribution in [2.45, 2.75) is 9.37 Å². The van der Waals surface area contributed by atoms with Gasteiger partial charge in [-0.25, -0.2) is 4.98 Å². The molecule has 0 bridgehead atoms. The van der Waals surface area contributed by atoms with Gasteiger partial charge in [0.25, 0.3) is 0 Å². The summed E-state index contributed by atoms with van der Waals surface area (Å²) < 4.78 is 0.884. The molecule has 0 aliphatic rings. The Morgan fingerprint density at radius 2 is 2.31 bits per heavy atom. The molecule has 0 saturated heterocycles. The lowest BCUT2D eigenvalue weighted by Crippen LogP contribution is -1.78. The molecule has 0 aliphatic carbocycles. The standard InChI is InChI=1S/C7H4ClN3S2/c8-5-1-2-6(9-3-5)13-7-11-10-4-12-7/h1-4H. The summed E-state index contributed by atoms with van der Waals surface area (Å²) in [4.78, 5) is 4.12. The Morgan fingerprint density at radius 1 is 1.38 bits per heavy atom. The highest BCUT2D eigenvalue weighted by atomic mass is 35.5. The molecule has 0 atom stereocenters. The highest BCUT2D eigenvalue weighted by Crippen LogP contribution is 2.26. The molecule has 2 aromatic heterocycles. The average molecular weight is 230 g/mol. The third-order valence-corrected chi connectivity index (χ3v) is 3.18. The molecule has 0 spiro atoms. The van der Waals surface area contributed by atoms with Crippen molar-refractivity contribution < 1.29 is 0 Å². The van der Waals surface area contributed by atoms with Gasteiger partial charge in [0.2, 0.25) is 0 Å². The Hall–Kier alpha value is -0.650. The summed E-state index contributed by atoms with van der Waals surface area (Å²) in [7, 11) is 0. The number of rotatable bonds is 2. The van der Waals surface area contributed by atoms with E-state index in [0.717, 1.165) is 9.37 Å². The van der Waals surface area contributed by atoms with Gasteiger partial charge >= 0.3 is 0 Å². The SMILES string of the molecule is Clc1ccc(Sc2nncs2)nc1. The number of nitrogens with zero attached hydrogens (tertiary/aromatic N) is 3. The first kappa shape index (κ1) is 8.93. The van der Waals surface area contributed by atoms with Crippen LogP contribution in [0.4, 0.5) is 0 Å². The van der Waals surface area contributed by atoms with Gasteiger partial charge in [-0.15, -0.1) is 10.2 Å². The van der Waals surface area contributed by atoms with E-state index in [1.807, 2.05) is 6.07 Å². The molecule has 2 aromatic rings. The molecule has 2 heterocycles. The Bertz CT molecular complexity index is 373. The van der Waals surface area contributed by atoms with Gasteiger partial charge in [-0.3, -0.25) is 0 Å². The molecule has 0 saturated carbocycles. The highest BCUT2D eigenvalue weighted by Gasteiger charge is 2.00. The van der Waals surface area contributed by atoms with Crippen molar-refractivity contribution in [2.75, 3.05) is 0 Å². The van der Waals surface area contributed by atoms with Crippen molar-refractivity contribution in [2.24, 2.45) is 0 Å². The Kier molecular flexibility index (Phi) is 2.77. The van der Waals surface area contributed by atoms with E-state index in [9.17, 15) is 0 Å². The zero-order valence-electron chi connectivity index (χ0n) is 6.35.